The van der Waals surface area contributed by atoms with Crippen molar-refractivity contribution in [2.45, 2.75) is 32.2 Å². The van der Waals surface area contributed by atoms with Crippen molar-refractivity contribution in [3.8, 4) is 5.75 Å². The minimum Gasteiger partial charge on any atom is -0.496 e. The molecule has 102 valence electrons. The Hall–Kier alpha value is -0.440. The van der Waals surface area contributed by atoms with Crippen LogP contribution in [0.5, 0.6) is 5.75 Å². The Balaban J connectivity index is 2.45. The van der Waals surface area contributed by atoms with Gasteiger partial charge in [0.15, 0.2) is 0 Å². The molecule has 1 aromatic rings. The number of methoxy groups -OCH3 is 1. The number of ether oxygens (including phenoxy) is 1. The summed E-state index contributed by atoms with van der Waals surface area (Å²) < 4.78 is 5.29. The van der Waals surface area contributed by atoms with Gasteiger partial charge < -0.3 is 10.1 Å². The molecule has 0 heterocycles. The van der Waals surface area contributed by atoms with E-state index in [9.17, 15) is 0 Å². The van der Waals surface area contributed by atoms with E-state index in [1.807, 2.05) is 18.2 Å². The number of hydrogen-bond acceptors (Lipinski definition) is 2. The van der Waals surface area contributed by atoms with Crippen molar-refractivity contribution in [2.24, 2.45) is 5.92 Å². The van der Waals surface area contributed by atoms with Crippen LogP contribution in [0.3, 0.4) is 0 Å². The van der Waals surface area contributed by atoms with Gasteiger partial charge in [-0.3, -0.25) is 0 Å². The zero-order valence-electron chi connectivity index (χ0n) is 11.2. The molecule has 0 aliphatic heterocycles. The molecule has 1 unspecified atom stereocenters. The third-order valence-corrected chi connectivity index (χ3v) is 3.22. The van der Waals surface area contributed by atoms with Gasteiger partial charge in [-0.15, -0.1) is 11.6 Å². The van der Waals surface area contributed by atoms with E-state index in [4.69, 9.17) is 27.9 Å². The van der Waals surface area contributed by atoms with E-state index < -0.39 is 0 Å². The second-order valence-corrected chi connectivity index (χ2v) is 5.87. The fourth-order valence-electron chi connectivity index (χ4n) is 1.84. The molecule has 0 radical (unpaired) electrons. The highest BCUT2D eigenvalue weighted by Crippen LogP contribution is 2.22. The first kappa shape index (κ1) is 15.6. The molecule has 0 aliphatic rings. The minimum atomic E-state index is 0.162. The third-order valence-electron chi connectivity index (χ3n) is 2.65. The Bertz CT molecular complexity index is 369. The van der Waals surface area contributed by atoms with E-state index in [2.05, 4.69) is 19.2 Å². The van der Waals surface area contributed by atoms with Gasteiger partial charge in [0.25, 0.3) is 0 Å². The highest BCUT2D eigenvalue weighted by molar-refractivity contribution is 6.30. The first-order valence-corrected chi connectivity index (χ1v) is 7.01. The van der Waals surface area contributed by atoms with Crippen molar-refractivity contribution >= 4 is 23.2 Å². The van der Waals surface area contributed by atoms with Gasteiger partial charge in [-0.05, 0) is 30.5 Å². The summed E-state index contributed by atoms with van der Waals surface area (Å²) in [6.07, 6.45) is 1.02. The van der Waals surface area contributed by atoms with Gasteiger partial charge >= 0.3 is 0 Å². The Labute approximate surface area is 120 Å². The lowest BCUT2D eigenvalue weighted by Gasteiger charge is -2.14. The minimum absolute atomic E-state index is 0.162. The Morgan fingerprint density at radius 2 is 2.06 bits per heavy atom. The molecule has 1 atom stereocenters. The maximum atomic E-state index is 6.23. The first-order chi connectivity index (χ1) is 8.52. The predicted octanol–water partition coefficient (Wildman–Crippen LogP) is 4.09. The molecule has 0 amide bonds. The molecule has 0 fully saturated rings. The van der Waals surface area contributed by atoms with Crippen LogP contribution in [0.1, 0.15) is 25.8 Å². The van der Waals surface area contributed by atoms with Crippen LogP contribution in [-0.2, 0) is 6.54 Å². The normalized spacial score (nSPS) is 12.8. The van der Waals surface area contributed by atoms with Crippen molar-refractivity contribution in [2.75, 3.05) is 13.7 Å². The van der Waals surface area contributed by atoms with Crippen molar-refractivity contribution < 1.29 is 4.74 Å². The van der Waals surface area contributed by atoms with Crippen LogP contribution in [0.2, 0.25) is 5.02 Å². The second-order valence-electron chi connectivity index (χ2n) is 4.81. The summed E-state index contributed by atoms with van der Waals surface area (Å²) in [6.45, 7) is 5.85. The Morgan fingerprint density at radius 3 is 2.67 bits per heavy atom. The van der Waals surface area contributed by atoms with Gasteiger partial charge in [-0.25, -0.2) is 0 Å². The lowest BCUT2D eigenvalue weighted by atomic mass is 10.1. The van der Waals surface area contributed by atoms with Crippen molar-refractivity contribution in [1.29, 1.82) is 0 Å². The number of halogens is 2. The summed E-state index contributed by atoms with van der Waals surface area (Å²) >= 11 is 12.2. The van der Waals surface area contributed by atoms with Gasteiger partial charge in [0.05, 0.1) is 7.11 Å². The molecule has 1 rings (SSSR count). The predicted molar refractivity (Wildman–Crippen MR) is 78.8 cm³/mol. The average Bonchev–Trinajstić information content (AvgIpc) is 2.28. The van der Waals surface area contributed by atoms with Gasteiger partial charge in [-0.1, -0.05) is 25.4 Å². The highest BCUT2D eigenvalue weighted by Gasteiger charge is 2.08. The Kier molecular flexibility index (Phi) is 6.83. The number of alkyl halides is 1. The molecule has 18 heavy (non-hydrogen) atoms. The number of hydrogen-bond donors (Lipinski definition) is 1. The topological polar surface area (TPSA) is 21.3 Å². The zero-order valence-corrected chi connectivity index (χ0v) is 12.7. The number of rotatable bonds is 7. The van der Waals surface area contributed by atoms with Crippen LogP contribution in [0.15, 0.2) is 18.2 Å². The van der Waals surface area contributed by atoms with E-state index in [-0.39, 0.29) is 5.38 Å². The molecule has 1 N–H and O–H groups in total. The summed E-state index contributed by atoms with van der Waals surface area (Å²) in [5.74, 6) is 1.47. The maximum Gasteiger partial charge on any atom is 0.123 e. The summed E-state index contributed by atoms with van der Waals surface area (Å²) in [7, 11) is 1.66. The van der Waals surface area contributed by atoms with Crippen LogP contribution in [0.4, 0.5) is 0 Å². The molecule has 0 saturated carbocycles. The zero-order chi connectivity index (χ0) is 13.5. The number of nitrogens with one attached hydrogen (secondary N) is 1. The van der Waals surface area contributed by atoms with E-state index in [0.29, 0.717) is 12.5 Å². The molecular weight excluding hydrogens is 269 g/mol. The molecule has 0 aliphatic carbocycles. The fourth-order valence-corrected chi connectivity index (χ4v) is 2.50. The van der Waals surface area contributed by atoms with Gasteiger partial charge in [-0.2, -0.15) is 0 Å². The van der Waals surface area contributed by atoms with Crippen LogP contribution in [-0.4, -0.2) is 19.0 Å². The van der Waals surface area contributed by atoms with Crippen molar-refractivity contribution in [3.63, 3.8) is 0 Å². The standard InChI is InChI=1S/C14H21Cl2NO/c1-10(2)6-13(16)9-17-8-11-7-12(15)4-5-14(11)18-3/h4-5,7,10,13,17H,6,8-9H2,1-3H3. The average molecular weight is 290 g/mol. The van der Waals surface area contributed by atoms with Crippen molar-refractivity contribution in [1.82, 2.24) is 5.32 Å². The van der Waals surface area contributed by atoms with Gasteiger partial charge in [0.1, 0.15) is 5.75 Å². The first-order valence-electron chi connectivity index (χ1n) is 6.20. The third kappa shape index (κ3) is 5.47. The molecular formula is C14H21Cl2NO. The summed E-state index contributed by atoms with van der Waals surface area (Å²) in [5, 5.41) is 4.22. The molecule has 0 spiro atoms. The molecule has 0 bridgehead atoms. The van der Waals surface area contributed by atoms with E-state index >= 15 is 0 Å². The quantitative estimate of drug-likeness (QED) is 0.764. The molecule has 4 heteroatoms. The van der Waals surface area contributed by atoms with Crippen LogP contribution in [0.25, 0.3) is 0 Å². The molecule has 2 nitrogen and oxygen atoms in total. The van der Waals surface area contributed by atoms with E-state index in [1.165, 1.54) is 0 Å². The Morgan fingerprint density at radius 1 is 1.33 bits per heavy atom. The van der Waals surface area contributed by atoms with E-state index in [1.54, 1.807) is 7.11 Å². The van der Waals surface area contributed by atoms with Crippen molar-refractivity contribution in [3.05, 3.63) is 28.8 Å². The van der Waals surface area contributed by atoms with Crippen LogP contribution in [0, 0.1) is 5.92 Å². The number of benzene rings is 1. The maximum absolute atomic E-state index is 6.23. The fraction of sp³-hybridized carbons (Fsp3) is 0.571. The smallest absolute Gasteiger partial charge is 0.123 e. The summed E-state index contributed by atoms with van der Waals surface area (Å²) in [5.41, 5.74) is 1.05. The summed E-state index contributed by atoms with van der Waals surface area (Å²) in [6, 6.07) is 5.62. The molecule has 1 aromatic carbocycles. The lowest BCUT2D eigenvalue weighted by molar-refractivity contribution is 0.407. The van der Waals surface area contributed by atoms with Gasteiger partial charge in [0.2, 0.25) is 0 Å². The van der Waals surface area contributed by atoms with Crippen LogP contribution < -0.4 is 10.1 Å². The highest BCUT2D eigenvalue weighted by atomic mass is 35.5. The summed E-state index contributed by atoms with van der Waals surface area (Å²) in [4.78, 5) is 0. The van der Waals surface area contributed by atoms with Crippen LogP contribution >= 0.6 is 23.2 Å². The molecule has 0 saturated heterocycles. The largest absolute Gasteiger partial charge is 0.496 e. The second kappa shape index (κ2) is 7.88. The molecule has 0 aromatic heterocycles. The SMILES string of the molecule is COc1ccc(Cl)cc1CNCC(Cl)CC(C)C. The van der Waals surface area contributed by atoms with E-state index in [0.717, 1.165) is 29.3 Å². The monoisotopic (exact) mass is 289 g/mol. The lowest BCUT2D eigenvalue weighted by Crippen LogP contribution is -2.24. The van der Waals surface area contributed by atoms with Gasteiger partial charge in [0, 0.05) is 29.1 Å².